The second-order valence-electron chi connectivity index (χ2n) is 9.65. The number of rotatable bonds is 8. The first kappa shape index (κ1) is 27.9. The van der Waals surface area contributed by atoms with E-state index in [9.17, 15) is 18.4 Å². The van der Waals surface area contributed by atoms with Gasteiger partial charge in [0.05, 0.1) is 15.8 Å². The van der Waals surface area contributed by atoms with Crippen molar-refractivity contribution in [1.29, 1.82) is 0 Å². The molecule has 2 aromatic heterocycles. The van der Waals surface area contributed by atoms with Crippen molar-refractivity contribution < 1.29 is 18.4 Å². The Balaban J connectivity index is 1.19. The van der Waals surface area contributed by atoms with Crippen molar-refractivity contribution in [1.82, 2.24) is 14.9 Å². The van der Waals surface area contributed by atoms with Crippen molar-refractivity contribution in [3.8, 4) is 11.1 Å². The van der Waals surface area contributed by atoms with Crippen LogP contribution in [-0.4, -0.2) is 45.5 Å². The van der Waals surface area contributed by atoms with Crippen molar-refractivity contribution in [3.63, 3.8) is 0 Å². The number of carbonyl (C=O) groups excluding carboxylic acids is 2. The number of nitrogens with one attached hydrogen (secondary N) is 1. The van der Waals surface area contributed by atoms with E-state index in [1.54, 1.807) is 48.0 Å². The molecule has 0 saturated carbocycles. The predicted molar refractivity (Wildman–Crippen MR) is 155 cm³/mol. The van der Waals surface area contributed by atoms with Gasteiger partial charge in [-0.05, 0) is 42.7 Å². The van der Waals surface area contributed by atoms with Crippen LogP contribution in [0.5, 0.6) is 0 Å². The lowest BCUT2D eigenvalue weighted by atomic mass is 9.97. The van der Waals surface area contributed by atoms with E-state index in [1.165, 1.54) is 35.2 Å². The van der Waals surface area contributed by atoms with E-state index >= 15 is 0 Å². The average Bonchev–Trinajstić information content (AvgIpc) is 3.47. The number of hydrogen-bond acceptors (Lipinski definition) is 6. The first-order chi connectivity index (χ1) is 19.3. The van der Waals surface area contributed by atoms with E-state index in [4.69, 9.17) is 0 Å². The minimum Gasteiger partial charge on any atom is -0.342 e. The van der Waals surface area contributed by atoms with Gasteiger partial charge in [-0.1, -0.05) is 54.2 Å². The number of thioether (sulfide) groups is 1. The summed E-state index contributed by atoms with van der Waals surface area (Å²) < 4.78 is 27.8. The quantitative estimate of drug-likeness (QED) is 0.227. The van der Waals surface area contributed by atoms with Gasteiger partial charge in [0.2, 0.25) is 5.91 Å². The molecule has 10 heteroatoms. The normalized spacial score (nSPS) is 14.2. The van der Waals surface area contributed by atoms with Crippen molar-refractivity contribution in [2.24, 2.45) is 0 Å². The SMILES string of the molecule is CC(F)(F)c1cccc(-c2ccccc2NC(=O)c2csc(C3CCN(C(=O)CSc4ccccn4)CC3)n2)c1. The highest BCUT2D eigenvalue weighted by molar-refractivity contribution is 7.99. The number of thiazole rings is 1. The number of alkyl halides is 2. The summed E-state index contributed by atoms with van der Waals surface area (Å²) in [6.45, 7) is 2.16. The Morgan fingerprint density at radius 3 is 2.60 bits per heavy atom. The minimum absolute atomic E-state index is 0.0880. The molecule has 4 aromatic rings. The third-order valence-electron chi connectivity index (χ3n) is 6.79. The maximum Gasteiger partial charge on any atom is 0.275 e. The Morgan fingerprint density at radius 1 is 1.07 bits per heavy atom. The maximum absolute atomic E-state index is 13.9. The molecule has 0 unspecified atom stereocenters. The lowest BCUT2D eigenvalue weighted by molar-refractivity contribution is -0.129. The number of likely N-dealkylation sites (tertiary alicyclic amines) is 1. The molecule has 0 radical (unpaired) electrons. The van der Waals surface area contributed by atoms with E-state index < -0.39 is 5.92 Å². The number of pyridine rings is 1. The minimum atomic E-state index is -2.97. The average molecular weight is 579 g/mol. The van der Waals surface area contributed by atoms with Gasteiger partial charge in [0.25, 0.3) is 11.8 Å². The third-order valence-corrected chi connectivity index (χ3v) is 8.72. The number of nitrogens with zero attached hydrogens (tertiary/aromatic N) is 3. The smallest absolute Gasteiger partial charge is 0.275 e. The molecular formula is C30H28F2N4O2S2. The number of hydrogen-bond donors (Lipinski definition) is 1. The highest BCUT2D eigenvalue weighted by Crippen LogP contribution is 2.34. The highest BCUT2D eigenvalue weighted by atomic mass is 32.2. The molecular weight excluding hydrogens is 550 g/mol. The molecule has 1 aliphatic heterocycles. The van der Waals surface area contributed by atoms with Crippen LogP contribution in [0.15, 0.2) is 83.3 Å². The predicted octanol–water partition coefficient (Wildman–Crippen LogP) is 7.07. The molecule has 5 rings (SSSR count). The number of carbonyl (C=O) groups is 2. The number of halogens is 2. The van der Waals surface area contributed by atoms with Gasteiger partial charge < -0.3 is 10.2 Å². The summed E-state index contributed by atoms with van der Waals surface area (Å²) >= 11 is 2.88. The summed E-state index contributed by atoms with van der Waals surface area (Å²) in [6.07, 6.45) is 3.29. The number of piperidine rings is 1. The van der Waals surface area contributed by atoms with Crippen LogP contribution >= 0.6 is 23.1 Å². The van der Waals surface area contributed by atoms with Gasteiger partial charge in [0, 0.05) is 54.3 Å². The lowest BCUT2D eigenvalue weighted by Gasteiger charge is -2.31. The van der Waals surface area contributed by atoms with Gasteiger partial charge in [-0.2, -0.15) is 0 Å². The molecule has 0 spiro atoms. The summed E-state index contributed by atoms with van der Waals surface area (Å²) in [5.41, 5.74) is 1.99. The number of aromatic nitrogens is 2. The highest BCUT2D eigenvalue weighted by Gasteiger charge is 2.27. The summed E-state index contributed by atoms with van der Waals surface area (Å²) in [5.74, 6) is -2.68. The Morgan fingerprint density at radius 2 is 1.85 bits per heavy atom. The monoisotopic (exact) mass is 578 g/mol. The van der Waals surface area contributed by atoms with Crippen LogP contribution in [-0.2, 0) is 10.7 Å². The second kappa shape index (κ2) is 12.3. The number of para-hydroxylation sites is 1. The Bertz CT molecular complexity index is 1480. The van der Waals surface area contributed by atoms with Crippen molar-refractivity contribution in [3.05, 3.63) is 94.6 Å². The Kier molecular flexibility index (Phi) is 8.56. The van der Waals surface area contributed by atoms with Crippen LogP contribution in [0.3, 0.4) is 0 Å². The first-order valence-electron chi connectivity index (χ1n) is 12.9. The van der Waals surface area contributed by atoms with Crippen LogP contribution in [0.4, 0.5) is 14.5 Å². The second-order valence-corrected chi connectivity index (χ2v) is 11.5. The summed E-state index contributed by atoms with van der Waals surface area (Å²) in [6, 6.07) is 18.9. The van der Waals surface area contributed by atoms with Crippen LogP contribution in [0.2, 0.25) is 0 Å². The van der Waals surface area contributed by atoms with Crippen molar-refractivity contribution in [2.45, 2.75) is 36.6 Å². The largest absolute Gasteiger partial charge is 0.342 e. The molecule has 0 atom stereocenters. The van der Waals surface area contributed by atoms with Crippen LogP contribution in [0.1, 0.15) is 46.7 Å². The van der Waals surface area contributed by atoms with Gasteiger partial charge in [0.1, 0.15) is 5.69 Å². The molecule has 1 aliphatic rings. The fourth-order valence-electron chi connectivity index (χ4n) is 4.60. The van der Waals surface area contributed by atoms with Gasteiger partial charge in [-0.3, -0.25) is 9.59 Å². The van der Waals surface area contributed by atoms with E-state index in [2.05, 4.69) is 15.3 Å². The summed E-state index contributed by atoms with van der Waals surface area (Å²) in [4.78, 5) is 36.5. The van der Waals surface area contributed by atoms with Crippen molar-refractivity contribution >= 4 is 40.6 Å². The molecule has 0 bridgehead atoms. The number of anilines is 1. The van der Waals surface area contributed by atoms with E-state index in [-0.39, 0.29) is 23.3 Å². The van der Waals surface area contributed by atoms with Gasteiger partial charge in [-0.25, -0.2) is 18.7 Å². The zero-order valence-corrected chi connectivity index (χ0v) is 23.5. The standard InChI is InChI=1S/C30H28F2N4O2S2/c1-30(31,32)22-8-6-7-21(17-22)23-9-2-3-10-24(23)34-28(38)25-18-40-29(35-25)20-12-15-36(16-13-20)27(37)19-39-26-11-4-5-14-33-26/h2-11,14,17-18,20H,12-13,15-16,19H2,1H3,(H,34,38). The fourth-order valence-corrected chi connectivity index (χ4v) is 6.34. The van der Waals surface area contributed by atoms with Crippen LogP contribution in [0.25, 0.3) is 11.1 Å². The molecule has 3 heterocycles. The summed E-state index contributed by atoms with van der Waals surface area (Å²) in [5, 5.41) is 6.36. The van der Waals surface area contributed by atoms with Gasteiger partial charge in [-0.15, -0.1) is 11.3 Å². The van der Waals surface area contributed by atoms with Crippen LogP contribution < -0.4 is 5.32 Å². The van der Waals surface area contributed by atoms with Gasteiger partial charge in [0.15, 0.2) is 0 Å². The number of amides is 2. The lowest BCUT2D eigenvalue weighted by Crippen LogP contribution is -2.38. The molecule has 6 nitrogen and oxygen atoms in total. The molecule has 206 valence electrons. The molecule has 1 saturated heterocycles. The van der Waals surface area contributed by atoms with E-state index in [1.807, 2.05) is 23.1 Å². The molecule has 1 N–H and O–H groups in total. The fraction of sp³-hybridized carbons (Fsp3) is 0.267. The zero-order valence-electron chi connectivity index (χ0n) is 21.8. The molecule has 0 aliphatic carbocycles. The van der Waals surface area contributed by atoms with Gasteiger partial charge >= 0.3 is 0 Å². The molecule has 2 aromatic carbocycles. The maximum atomic E-state index is 13.9. The zero-order chi connectivity index (χ0) is 28.1. The molecule has 40 heavy (non-hydrogen) atoms. The molecule has 2 amide bonds. The van der Waals surface area contributed by atoms with Crippen LogP contribution in [0, 0.1) is 0 Å². The first-order valence-corrected chi connectivity index (χ1v) is 14.8. The Labute approximate surface area is 239 Å². The summed E-state index contributed by atoms with van der Waals surface area (Å²) in [7, 11) is 0. The molecule has 1 fully saturated rings. The third kappa shape index (κ3) is 6.74. The topological polar surface area (TPSA) is 75.2 Å². The Hall–Kier alpha value is -3.63. The number of benzene rings is 2. The van der Waals surface area contributed by atoms with E-state index in [0.717, 1.165) is 29.8 Å². The van der Waals surface area contributed by atoms with Crippen molar-refractivity contribution in [2.75, 3.05) is 24.2 Å². The van der Waals surface area contributed by atoms with E-state index in [0.29, 0.717) is 41.4 Å².